The quantitative estimate of drug-likeness (QED) is 0.716. The number of carbonyl (C=O) groups excluding carboxylic acids is 1. The monoisotopic (exact) mass is 333 g/mol. The molecule has 5 heteroatoms. The summed E-state index contributed by atoms with van der Waals surface area (Å²) in [5.74, 6) is -0.123. The molecule has 0 aliphatic rings. The predicted octanol–water partition coefficient (Wildman–Crippen LogP) is 4.98. The van der Waals surface area contributed by atoms with Crippen molar-refractivity contribution >= 4 is 40.2 Å². The summed E-state index contributed by atoms with van der Waals surface area (Å²) >= 11 is 9.20. The molecule has 1 amide bonds. The number of rotatable bonds is 4. The molecule has 1 atom stereocenters. The number of amides is 1. The van der Waals surface area contributed by atoms with Crippen molar-refractivity contribution < 1.29 is 4.79 Å². The van der Waals surface area contributed by atoms with Crippen LogP contribution in [-0.2, 0) is 0 Å². The zero-order chi connectivity index (χ0) is 14.7. The van der Waals surface area contributed by atoms with Gasteiger partial charge >= 0.3 is 0 Å². The van der Waals surface area contributed by atoms with Gasteiger partial charge in [0.25, 0.3) is 5.91 Å². The Labute approximate surface area is 136 Å². The highest BCUT2D eigenvalue weighted by molar-refractivity contribution is 7.10. The van der Waals surface area contributed by atoms with Gasteiger partial charge < -0.3 is 5.32 Å². The van der Waals surface area contributed by atoms with Gasteiger partial charge in [-0.3, -0.25) is 4.79 Å². The normalized spacial score (nSPS) is 12.0. The van der Waals surface area contributed by atoms with Gasteiger partial charge in [0.2, 0.25) is 0 Å². The fourth-order valence-corrected chi connectivity index (χ4v) is 3.74. The van der Waals surface area contributed by atoms with Gasteiger partial charge in [0.05, 0.1) is 6.04 Å². The Kier molecular flexibility index (Phi) is 4.39. The first-order chi connectivity index (χ1) is 10.2. The highest BCUT2D eigenvalue weighted by Crippen LogP contribution is 2.28. The van der Waals surface area contributed by atoms with E-state index in [1.165, 1.54) is 0 Å². The van der Waals surface area contributed by atoms with Crippen molar-refractivity contribution in [3.05, 3.63) is 79.6 Å². The Morgan fingerprint density at radius 1 is 1.14 bits per heavy atom. The molecule has 0 fully saturated rings. The largest absolute Gasteiger partial charge is 0.340 e. The van der Waals surface area contributed by atoms with Crippen molar-refractivity contribution in [1.29, 1.82) is 0 Å². The molecule has 21 heavy (non-hydrogen) atoms. The molecule has 1 N–H and O–H groups in total. The first-order valence-corrected chi connectivity index (χ1v) is 8.56. The van der Waals surface area contributed by atoms with Crippen LogP contribution in [0.25, 0.3) is 0 Å². The van der Waals surface area contributed by atoms with Crippen LogP contribution in [0.15, 0.2) is 58.6 Å². The second-order valence-corrected chi connectivity index (χ2v) is 6.68. The summed E-state index contributed by atoms with van der Waals surface area (Å²) < 4.78 is 0. The van der Waals surface area contributed by atoms with Gasteiger partial charge in [-0.1, -0.05) is 23.7 Å². The highest BCUT2D eigenvalue weighted by atomic mass is 35.5. The van der Waals surface area contributed by atoms with E-state index in [0.717, 1.165) is 10.4 Å². The molecule has 2 nitrogen and oxygen atoms in total. The van der Waals surface area contributed by atoms with E-state index in [1.807, 2.05) is 29.0 Å². The number of hydrogen-bond donors (Lipinski definition) is 1. The number of thiophene rings is 2. The van der Waals surface area contributed by atoms with Gasteiger partial charge in [-0.2, -0.15) is 11.3 Å². The van der Waals surface area contributed by atoms with Crippen molar-refractivity contribution in [1.82, 2.24) is 5.32 Å². The highest BCUT2D eigenvalue weighted by Gasteiger charge is 2.19. The van der Waals surface area contributed by atoms with Crippen molar-refractivity contribution in [3.63, 3.8) is 0 Å². The standard InChI is InChI=1S/C16H12ClNOS2/c17-13-4-1-3-11(9-13)16(19)18-15(12-6-8-20-10-12)14-5-2-7-21-14/h1-10,15H,(H,18,19). The molecule has 0 spiro atoms. The lowest BCUT2D eigenvalue weighted by Crippen LogP contribution is -2.28. The van der Waals surface area contributed by atoms with E-state index in [4.69, 9.17) is 11.6 Å². The predicted molar refractivity (Wildman–Crippen MR) is 89.4 cm³/mol. The molecule has 0 bridgehead atoms. The summed E-state index contributed by atoms with van der Waals surface area (Å²) in [7, 11) is 0. The Morgan fingerprint density at radius 3 is 2.71 bits per heavy atom. The Bertz CT molecular complexity index is 688. The van der Waals surface area contributed by atoms with E-state index in [0.29, 0.717) is 10.6 Å². The van der Waals surface area contributed by atoms with Crippen LogP contribution < -0.4 is 5.32 Å². The molecule has 2 aromatic heterocycles. The summed E-state index contributed by atoms with van der Waals surface area (Å²) in [4.78, 5) is 13.6. The van der Waals surface area contributed by atoms with Crippen molar-refractivity contribution in [2.24, 2.45) is 0 Å². The number of benzene rings is 1. The van der Waals surface area contributed by atoms with Crippen LogP contribution in [0.3, 0.4) is 0 Å². The number of nitrogens with one attached hydrogen (secondary N) is 1. The SMILES string of the molecule is O=C(NC(c1ccsc1)c1cccs1)c1cccc(Cl)c1. The van der Waals surface area contributed by atoms with Crippen LogP contribution in [-0.4, -0.2) is 5.91 Å². The van der Waals surface area contributed by atoms with Gasteiger partial charge in [0, 0.05) is 15.5 Å². The Balaban J connectivity index is 1.87. The van der Waals surface area contributed by atoms with Crippen LogP contribution in [0.2, 0.25) is 5.02 Å². The average Bonchev–Trinajstić information content (AvgIpc) is 3.18. The van der Waals surface area contributed by atoms with Gasteiger partial charge in [0.15, 0.2) is 0 Å². The molecule has 0 aliphatic heterocycles. The Morgan fingerprint density at radius 2 is 2.05 bits per heavy atom. The summed E-state index contributed by atoms with van der Waals surface area (Å²) in [6.45, 7) is 0. The van der Waals surface area contributed by atoms with Crippen molar-refractivity contribution in [3.8, 4) is 0 Å². The van der Waals surface area contributed by atoms with Crippen LogP contribution in [0.4, 0.5) is 0 Å². The topological polar surface area (TPSA) is 29.1 Å². The fraction of sp³-hybridized carbons (Fsp3) is 0.0625. The molecular formula is C16H12ClNOS2. The van der Waals surface area contributed by atoms with E-state index < -0.39 is 0 Å². The minimum atomic E-state index is -0.123. The first kappa shape index (κ1) is 14.3. The van der Waals surface area contributed by atoms with E-state index >= 15 is 0 Å². The van der Waals surface area contributed by atoms with Gasteiger partial charge in [-0.15, -0.1) is 11.3 Å². The second-order valence-electron chi connectivity index (χ2n) is 4.49. The van der Waals surface area contributed by atoms with Crippen LogP contribution in [0.1, 0.15) is 26.8 Å². The molecule has 0 saturated carbocycles. The third-order valence-corrected chi connectivity index (χ3v) is 4.94. The summed E-state index contributed by atoms with van der Waals surface area (Å²) in [5.41, 5.74) is 1.66. The minimum absolute atomic E-state index is 0.122. The molecule has 0 aliphatic carbocycles. The van der Waals surface area contributed by atoms with E-state index in [1.54, 1.807) is 46.9 Å². The maximum atomic E-state index is 12.4. The fourth-order valence-electron chi connectivity index (χ4n) is 2.06. The zero-order valence-corrected chi connectivity index (χ0v) is 13.3. The van der Waals surface area contributed by atoms with E-state index in [2.05, 4.69) is 10.7 Å². The lowest BCUT2D eigenvalue weighted by molar-refractivity contribution is 0.0943. The molecule has 106 valence electrons. The van der Waals surface area contributed by atoms with Crippen LogP contribution in [0, 0.1) is 0 Å². The van der Waals surface area contributed by atoms with E-state index in [-0.39, 0.29) is 11.9 Å². The summed E-state index contributed by atoms with van der Waals surface area (Å²) in [6, 6.07) is 12.9. The number of carbonyl (C=O) groups is 1. The maximum Gasteiger partial charge on any atom is 0.252 e. The molecule has 2 heterocycles. The molecule has 3 aromatic rings. The second kappa shape index (κ2) is 6.43. The zero-order valence-electron chi connectivity index (χ0n) is 11.0. The maximum absolute atomic E-state index is 12.4. The van der Waals surface area contributed by atoms with Crippen molar-refractivity contribution in [2.75, 3.05) is 0 Å². The van der Waals surface area contributed by atoms with Crippen LogP contribution in [0.5, 0.6) is 0 Å². The number of halogens is 1. The molecule has 1 unspecified atom stereocenters. The third kappa shape index (κ3) is 3.35. The van der Waals surface area contributed by atoms with E-state index in [9.17, 15) is 4.79 Å². The van der Waals surface area contributed by atoms with Crippen molar-refractivity contribution in [2.45, 2.75) is 6.04 Å². The Hall–Kier alpha value is -1.62. The minimum Gasteiger partial charge on any atom is -0.340 e. The molecular weight excluding hydrogens is 322 g/mol. The third-order valence-electron chi connectivity index (χ3n) is 3.07. The number of hydrogen-bond acceptors (Lipinski definition) is 3. The lowest BCUT2D eigenvalue weighted by Gasteiger charge is -2.16. The molecule has 1 aromatic carbocycles. The molecule has 3 rings (SSSR count). The smallest absolute Gasteiger partial charge is 0.252 e. The summed E-state index contributed by atoms with van der Waals surface area (Å²) in [5, 5.41) is 9.73. The first-order valence-electron chi connectivity index (χ1n) is 6.36. The molecule has 0 saturated heterocycles. The van der Waals surface area contributed by atoms with Gasteiger partial charge in [-0.25, -0.2) is 0 Å². The average molecular weight is 334 g/mol. The lowest BCUT2D eigenvalue weighted by atomic mass is 10.1. The van der Waals surface area contributed by atoms with Gasteiger partial charge in [-0.05, 0) is 52.0 Å². The molecule has 0 radical (unpaired) electrons. The van der Waals surface area contributed by atoms with Crippen LogP contribution >= 0.6 is 34.3 Å². The summed E-state index contributed by atoms with van der Waals surface area (Å²) in [6.07, 6.45) is 0. The van der Waals surface area contributed by atoms with Gasteiger partial charge in [0.1, 0.15) is 0 Å².